The number of amides is 1. The Morgan fingerprint density at radius 2 is 2.08 bits per heavy atom. The van der Waals surface area contributed by atoms with Crippen LogP contribution in [-0.4, -0.2) is 65.2 Å². The first-order valence-electron chi connectivity index (χ1n) is 8.04. The molecule has 128 valence electrons. The Balaban J connectivity index is 1.93. The molecule has 0 bridgehead atoms. The van der Waals surface area contributed by atoms with Gasteiger partial charge in [0.25, 0.3) is 5.91 Å². The molecule has 7 heteroatoms. The van der Waals surface area contributed by atoms with E-state index in [1.54, 1.807) is 12.3 Å². The van der Waals surface area contributed by atoms with Gasteiger partial charge < -0.3 is 14.2 Å². The molecule has 3 heterocycles. The number of hydrogen-bond acceptors (Lipinski definition) is 6. The van der Waals surface area contributed by atoms with Crippen LogP contribution in [0.15, 0.2) is 27.8 Å². The molecule has 0 N–H and O–H groups in total. The van der Waals surface area contributed by atoms with Crippen molar-refractivity contribution >= 4 is 17.7 Å². The minimum Gasteiger partial charge on any atom is -0.461 e. The third-order valence-electron chi connectivity index (χ3n) is 4.21. The van der Waals surface area contributed by atoms with Crippen LogP contribution in [0.1, 0.15) is 22.5 Å². The highest BCUT2D eigenvalue weighted by Gasteiger charge is 2.25. The van der Waals surface area contributed by atoms with Gasteiger partial charge in [-0.1, -0.05) is 0 Å². The molecule has 1 aliphatic heterocycles. The Labute approximate surface area is 146 Å². The summed E-state index contributed by atoms with van der Waals surface area (Å²) in [5.41, 5.74) is 1.31. The highest BCUT2D eigenvalue weighted by Crippen LogP contribution is 2.26. The summed E-state index contributed by atoms with van der Waals surface area (Å²) in [5.74, 6) is 1.16. The molecular weight excluding hydrogens is 324 g/mol. The Morgan fingerprint density at radius 3 is 2.79 bits per heavy atom. The van der Waals surface area contributed by atoms with Gasteiger partial charge in [0, 0.05) is 19.6 Å². The van der Waals surface area contributed by atoms with E-state index in [0.717, 1.165) is 32.6 Å². The predicted molar refractivity (Wildman–Crippen MR) is 94.3 cm³/mol. The summed E-state index contributed by atoms with van der Waals surface area (Å²) >= 11 is 1.47. The zero-order valence-electron chi connectivity index (χ0n) is 14.3. The predicted octanol–water partition coefficient (Wildman–Crippen LogP) is 2.54. The number of aryl methyl sites for hydroxylation is 1. The van der Waals surface area contributed by atoms with Crippen molar-refractivity contribution < 1.29 is 9.21 Å². The lowest BCUT2D eigenvalue weighted by Gasteiger charge is -2.22. The minimum atomic E-state index is 0.0261. The summed E-state index contributed by atoms with van der Waals surface area (Å²) in [5, 5.41) is 0.705. The third-order valence-corrected chi connectivity index (χ3v) is 4.89. The van der Waals surface area contributed by atoms with Crippen LogP contribution >= 0.6 is 11.8 Å². The SMILES string of the molecule is CSc1nc(-c2ccco2)nc(C)c1C(=O)N1CCCN(C)CC1. The lowest BCUT2D eigenvalue weighted by molar-refractivity contribution is 0.0757. The Kier molecular flexibility index (Phi) is 5.20. The van der Waals surface area contributed by atoms with Crippen molar-refractivity contribution in [1.82, 2.24) is 19.8 Å². The first kappa shape index (κ1) is 17.0. The van der Waals surface area contributed by atoms with Gasteiger partial charge in [0.05, 0.1) is 17.5 Å². The van der Waals surface area contributed by atoms with E-state index in [2.05, 4.69) is 21.9 Å². The highest BCUT2D eigenvalue weighted by molar-refractivity contribution is 7.98. The van der Waals surface area contributed by atoms with Gasteiger partial charge in [0.2, 0.25) is 0 Å². The second kappa shape index (κ2) is 7.36. The molecule has 1 amide bonds. The lowest BCUT2D eigenvalue weighted by atomic mass is 10.2. The molecule has 0 atom stereocenters. The maximum absolute atomic E-state index is 13.0. The fourth-order valence-corrected chi connectivity index (χ4v) is 3.48. The van der Waals surface area contributed by atoms with Crippen LogP contribution in [0.25, 0.3) is 11.6 Å². The van der Waals surface area contributed by atoms with E-state index < -0.39 is 0 Å². The smallest absolute Gasteiger partial charge is 0.258 e. The molecule has 1 saturated heterocycles. The van der Waals surface area contributed by atoms with Crippen molar-refractivity contribution in [3.05, 3.63) is 29.7 Å². The van der Waals surface area contributed by atoms with Crippen molar-refractivity contribution in [2.75, 3.05) is 39.5 Å². The molecule has 0 spiro atoms. The van der Waals surface area contributed by atoms with Gasteiger partial charge in [-0.15, -0.1) is 11.8 Å². The number of aromatic nitrogens is 2. The third kappa shape index (κ3) is 3.47. The van der Waals surface area contributed by atoms with Gasteiger partial charge in [0.1, 0.15) is 5.03 Å². The number of nitrogens with zero attached hydrogens (tertiary/aromatic N) is 4. The van der Waals surface area contributed by atoms with E-state index in [4.69, 9.17) is 4.42 Å². The zero-order chi connectivity index (χ0) is 17.1. The summed E-state index contributed by atoms with van der Waals surface area (Å²) in [6, 6.07) is 3.63. The van der Waals surface area contributed by atoms with Gasteiger partial charge in [0.15, 0.2) is 11.6 Å². The second-order valence-electron chi connectivity index (χ2n) is 5.94. The molecule has 0 radical (unpaired) electrons. The quantitative estimate of drug-likeness (QED) is 0.629. The summed E-state index contributed by atoms with van der Waals surface area (Å²) in [6.07, 6.45) is 4.52. The number of hydrogen-bond donors (Lipinski definition) is 0. The summed E-state index contributed by atoms with van der Waals surface area (Å²) in [6.45, 7) is 5.29. The van der Waals surface area contributed by atoms with Gasteiger partial charge in [-0.25, -0.2) is 9.97 Å². The first-order chi connectivity index (χ1) is 11.6. The summed E-state index contributed by atoms with van der Waals surface area (Å²) in [4.78, 5) is 26.3. The van der Waals surface area contributed by atoms with E-state index in [0.29, 0.717) is 27.9 Å². The summed E-state index contributed by atoms with van der Waals surface area (Å²) < 4.78 is 5.38. The van der Waals surface area contributed by atoms with Crippen molar-refractivity contribution in [2.24, 2.45) is 0 Å². The van der Waals surface area contributed by atoms with Crippen LogP contribution < -0.4 is 0 Å². The standard InChI is InChI=1S/C17H22N4O2S/c1-12-14(17(22)21-8-5-7-20(2)9-10-21)16(24-3)19-15(18-12)13-6-4-11-23-13/h4,6,11H,5,7-10H2,1-3H3. The van der Waals surface area contributed by atoms with Crippen molar-refractivity contribution in [1.29, 1.82) is 0 Å². The molecule has 2 aromatic heterocycles. The molecule has 0 aliphatic carbocycles. The van der Waals surface area contributed by atoms with Crippen LogP contribution in [0.2, 0.25) is 0 Å². The lowest BCUT2D eigenvalue weighted by Crippen LogP contribution is -2.35. The molecule has 6 nitrogen and oxygen atoms in total. The number of furan rings is 1. The molecule has 0 unspecified atom stereocenters. The first-order valence-corrected chi connectivity index (χ1v) is 9.27. The van der Waals surface area contributed by atoms with Gasteiger partial charge in [-0.3, -0.25) is 4.79 Å². The molecular formula is C17H22N4O2S. The van der Waals surface area contributed by atoms with Crippen LogP contribution in [0.3, 0.4) is 0 Å². The van der Waals surface area contributed by atoms with E-state index in [1.807, 2.05) is 24.1 Å². The van der Waals surface area contributed by atoms with Crippen LogP contribution in [0.5, 0.6) is 0 Å². The Hall–Kier alpha value is -1.86. The van der Waals surface area contributed by atoms with Gasteiger partial charge in [-0.05, 0) is 45.3 Å². The monoisotopic (exact) mass is 346 g/mol. The average Bonchev–Trinajstić information content (AvgIpc) is 3.02. The highest BCUT2D eigenvalue weighted by atomic mass is 32.2. The minimum absolute atomic E-state index is 0.0261. The largest absolute Gasteiger partial charge is 0.461 e. The molecule has 0 saturated carbocycles. The second-order valence-corrected chi connectivity index (χ2v) is 6.74. The Bertz CT molecular complexity index is 718. The normalized spacial score (nSPS) is 16.2. The van der Waals surface area contributed by atoms with Gasteiger partial charge >= 0.3 is 0 Å². The average molecular weight is 346 g/mol. The molecule has 0 aromatic carbocycles. The van der Waals surface area contributed by atoms with Crippen molar-refractivity contribution in [3.63, 3.8) is 0 Å². The fraction of sp³-hybridized carbons (Fsp3) is 0.471. The summed E-state index contributed by atoms with van der Waals surface area (Å²) in [7, 11) is 2.09. The van der Waals surface area contributed by atoms with Crippen molar-refractivity contribution in [3.8, 4) is 11.6 Å². The number of thioether (sulfide) groups is 1. The Morgan fingerprint density at radius 1 is 1.25 bits per heavy atom. The van der Waals surface area contributed by atoms with E-state index >= 15 is 0 Å². The van der Waals surface area contributed by atoms with Crippen LogP contribution in [-0.2, 0) is 0 Å². The fourth-order valence-electron chi connectivity index (χ4n) is 2.86. The topological polar surface area (TPSA) is 62.5 Å². The van der Waals surface area contributed by atoms with Crippen LogP contribution in [0, 0.1) is 6.92 Å². The van der Waals surface area contributed by atoms with E-state index in [9.17, 15) is 4.79 Å². The maximum Gasteiger partial charge on any atom is 0.258 e. The van der Waals surface area contributed by atoms with E-state index in [1.165, 1.54) is 11.8 Å². The van der Waals surface area contributed by atoms with Crippen molar-refractivity contribution in [2.45, 2.75) is 18.4 Å². The molecule has 1 fully saturated rings. The molecule has 2 aromatic rings. The van der Waals surface area contributed by atoms with Crippen LogP contribution in [0.4, 0.5) is 0 Å². The molecule has 1 aliphatic rings. The number of carbonyl (C=O) groups excluding carboxylic acids is 1. The zero-order valence-corrected chi connectivity index (χ0v) is 15.1. The molecule has 24 heavy (non-hydrogen) atoms. The number of carbonyl (C=O) groups is 1. The number of likely N-dealkylation sites (N-methyl/N-ethyl adjacent to an activating group) is 1. The van der Waals surface area contributed by atoms with E-state index in [-0.39, 0.29) is 5.91 Å². The van der Waals surface area contributed by atoms with Gasteiger partial charge in [-0.2, -0.15) is 0 Å². The number of rotatable bonds is 3. The molecule has 3 rings (SSSR count). The maximum atomic E-state index is 13.0.